The van der Waals surface area contributed by atoms with Crippen LogP contribution in [-0.4, -0.2) is 36.6 Å². The third-order valence-electron chi connectivity index (χ3n) is 4.48. The van der Waals surface area contributed by atoms with Crippen LogP contribution in [0.5, 0.6) is 0 Å². The minimum atomic E-state index is 0.636. The first-order valence-corrected chi connectivity index (χ1v) is 7.47. The largest absolute Gasteiger partial charge is 0.390 e. The topological polar surface area (TPSA) is 28.2 Å². The molecule has 2 aliphatic heterocycles. The molecule has 21 heavy (non-hydrogen) atoms. The van der Waals surface area contributed by atoms with Crippen molar-refractivity contribution in [1.29, 1.82) is 0 Å². The maximum Gasteiger partial charge on any atom is 0.0346 e. The number of nitrogens with zero attached hydrogens (tertiary/aromatic N) is 2. The minimum Gasteiger partial charge on any atom is -0.390 e. The number of nitrogens with one attached hydrogen (secondary N) is 1. The van der Waals surface area contributed by atoms with Crippen LogP contribution in [0.4, 0.5) is 0 Å². The average Bonchev–Trinajstić information content (AvgIpc) is 2.80. The van der Waals surface area contributed by atoms with Crippen LogP contribution in [0.3, 0.4) is 0 Å². The third kappa shape index (κ3) is 2.24. The van der Waals surface area contributed by atoms with E-state index in [0.717, 1.165) is 19.6 Å². The molecule has 3 heteroatoms. The number of hydrogen-bond donors (Lipinski definition) is 1. The van der Waals surface area contributed by atoms with Crippen molar-refractivity contribution >= 4 is 11.8 Å². The van der Waals surface area contributed by atoms with Crippen LogP contribution in [0.25, 0.3) is 22.9 Å². The Morgan fingerprint density at radius 2 is 2.19 bits per heavy atom. The van der Waals surface area contributed by atoms with E-state index in [2.05, 4.69) is 52.7 Å². The summed E-state index contributed by atoms with van der Waals surface area (Å²) in [6.07, 6.45) is 5.90. The fourth-order valence-electron chi connectivity index (χ4n) is 3.46. The van der Waals surface area contributed by atoms with Crippen LogP contribution in [0, 0.1) is 5.92 Å². The van der Waals surface area contributed by atoms with Gasteiger partial charge in [0.1, 0.15) is 0 Å². The lowest BCUT2D eigenvalue weighted by molar-refractivity contribution is 0.394. The molecule has 4 rings (SSSR count). The first kappa shape index (κ1) is 12.6. The van der Waals surface area contributed by atoms with Gasteiger partial charge in [0.15, 0.2) is 0 Å². The summed E-state index contributed by atoms with van der Waals surface area (Å²) in [7, 11) is 2.20. The zero-order chi connectivity index (χ0) is 14.2. The predicted molar refractivity (Wildman–Crippen MR) is 85.8 cm³/mol. The molecule has 1 fully saturated rings. The molecular formula is C18H19N3. The number of pyridine rings is 1. The highest BCUT2D eigenvalue weighted by molar-refractivity contribution is 5.64. The third-order valence-corrected chi connectivity index (χ3v) is 4.48. The number of likely N-dealkylation sites (tertiary alicyclic amines) is 1. The molecule has 1 atom stereocenters. The molecule has 1 N–H and O–H groups in total. The molecule has 1 aromatic heterocycles. The second kappa shape index (κ2) is 5.01. The fourth-order valence-corrected chi connectivity index (χ4v) is 3.46. The highest BCUT2D eigenvalue weighted by Gasteiger charge is 2.26. The van der Waals surface area contributed by atoms with E-state index < -0.39 is 0 Å². The van der Waals surface area contributed by atoms with E-state index in [0.29, 0.717) is 5.92 Å². The molecule has 2 aliphatic rings. The standard InChI is InChI=1S/C18H19N3/c1-21-11-16-10-20-9-15-7-13(14-3-2-6-19-8-14)4-5-17(15)18(16)12-21/h2-9,16,20H,10-12H2,1H3. The van der Waals surface area contributed by atoms with Gasteiger partial charge in [0.05, 0.1) is 0 Å². The van der Waals surface area contributed by atoms with Crippen molar-refractivity contribution in [3.63, 3.8) is 0 Å². The van der Waals surface area contributed by atoms with Gasteiger partial charge in [0.25, 0.3) is 0 Å². The van der Waals surface area contributed by atoms with Crippen molar-refractivity contribution in [1.82, 2.24) is 15.2 Å². The highest BCUT2D eigenvalue weighted by Crippen LogP contribution is 2.21. The van der Waals surface area contributed by atoms with Crippen molar-refractivity contribution in [2.45, 2.75) is 0 Å². The Hall–Kier alpha value is -2.13. The molecule has 2 aromatic rings. The van der Waals surface area contributed by atoms with Gasteiger partial charge in [0, 0.05) is 49.7 Å². The molecular weight excluding hydrogens is 258 g/mol. The van der Waals surface area contributed by atoms with Gasteiger partial charge in [-0.15, -0.1) is 0 Å². The summed E-state index contributed by atoms with van der Waals surface area (Å²) in [6.45, 7) is 3.27. The number of rotatable bonds is 1. The van der Waals surface area contributed by atoms with Gasteiger partial charge in [-0.2, -0.15) is 0 Å². The highest BCUT2D eigenvalue weighted by atomic mass is 15.1. The normalized spacial score (nSPS) is 21.0. The summed E-state index contributed by atoms with van der Waals surface area (Å²) in [5.74, 6) is 0.636. The quantitative estimate of drug-likeness (QED) is 0.836. The van der Waals surface area contributed by atoms with E-state index in [1.54, 1.807) is 5.57 Å². The second-order valence-electron chi connectivity index (χ2n) is 6.02. The minimum absolute atomic E-state index is 0.636. The molecule has 0 saturated carbocycles. The Morgan fingerprint density at radius 3 is 3.05 bits per heavy atom. The van der Waals surface area contributed by atoms with E-state index in [9.17, 15) is 0 Å². The van der Waals surface area contributed by atoms with Gasteiger partial charge in [-0.1, -0.05) is 18.2 Å². The van der Waals surface area contributed by atoms with Crippen molar-refractivity contribution in [2.24, 2.45) is 5.92 Å². The van der Waals surface area contributed by atoms with Crippen LogP contribution >= 0.6 is 0 Å². The summed E-state index contributed by atoms with van der Waals surface area (Å²) >= 11 is 0. The van der Waals surface area contributed by atoms with Gasteiger partial charge in [-0.05, 0) is 40.8 Å². The molecule has 1 aromatic carbocycles. The maximum absolute atomic E-state index is 4.22. The predicted octanol–water partition coefficient (Wildman–Crippen LogP) is 0.802. The zero-order valence-electron chi connectivity index (χ0n) is 12.2. The van der Waals surface area contributed by atoms with Crippen LogP contribution in [0.2, 0.25) is 0 Å². The Labute approximate surface area is 124 Å². The van der Waals surface area contributed by atoms with Crippen LogP contribution in [-0.2, 0) is 0 Å². The number of fused-ring (bicyclic) bond motifs is 2. The van der Waals surface area contributed by atoms with Gasteiger partial charge in [0.2, 0.25) is 0 Å². The van der Waals surface area contributed by atoms with Crippen molar-refractivity contribution in [3.05, 3.63) is 53.2 Å². The van der Waals surface area contributed by atoms with Gasteiger partial charge < -0.3 is 10.2 Å². The van der Waals surface area contributed by atoms with E-state index in [4.69, 9.17) is 0 Å². The van der Waals surface area contributed by atoms with Crippen molar-refractivity contribution in [3.8, 4) is 11.1 Å². The lowest BCUT2D eigenvalue weighted by atomic mass is 9.98. The number of benzene rings is 1. The molecule has 3 nitrogen and oxygen atoms in total. The first-order valence-electron chi connectivity index (χ1n) is 7.47. The van der Waals surface area contributed by atoms with Crippen LogP contribution in [0.15, 0.2) is 42.7 Å². The molecule has 1 unspecified atom stereocenters. The lowest BCUT2D eigenvalue weighted by Gasteiger charge is -2.09. The molecule has 0 bridgehead atoms. The maximum atomic E-state index is 4.22. The fraction of sp³-hybridized carbons (Fsp3) is 0.278. The lowest BCUT2D eigenvalue weighted by Crippen LogP contribution is -2.28. The Kier molecular flexibility index (Phi) is 3.00. The number of hydrogen-bond acceptors (Lipinski definition) is 3. The van der Waals surface area contributed by atoms with Crippen LogP contribution in [0.1, 0.15) is 0 Å². The first-order chi connectivity index (χ1) is 10.3. The van der Waals surface area contributed by atoms with Crippen molar-refractivity contribution < 1.29 is 0 Å². The summed E-state index contributed by atoms with van der Waals surface area (Å²) in [6, 6.07) is 10.9. The molecule has 1 saturated heterocycles. The van der Waals surface area contributed by atoms with Gasteiger partial charge in [-0.25, -0.2) is 0 Å². The molecule has 0 aliphatic carbocycles. The molecule has 0 amide bonds. The van der Waals surface area contributed by atoms with Crippen LogP contribution < -0.4 is 15.8 Å². The molecule has 106 valence electrons. The van der Waals surface area contributed by atoms with E-state index in [-0.39, 0.29) is 0 Å². The van der Waals surface area contributed by atoms with E-state index >= 15 is 0 Å². The summed E-state index contributed by atoms with van der Waals surface area (Å²) < 4.78 is 0. The van der Waals surface area contributed by atoms with E-state index in [1.165, 1.54) is 21.6 Å². The summed E-state index contributed by atoms with van der Waals surface area (Å²) in [5.41, 5.74) is 3.97. The molecule has 0 radical (unpaired) electrons. The second-order valence-corrected chi connectivity index (χ2v) is 6.02. The van der Waals surface area contributed by atoms with Gasteiger partial charge in [-0.3, -0.25) is 4.98 Å². The Balaban J connectivity index is 1.90. The molecule has 0 spiro atoms. The smallest absolute Gasteiger partial charge is 0.0346 e. The van der Waals surface area contributed by atoms with Gasteiger partial charge >= 0.3 is 0 Å². The molecule has 3 heterocycles. The average molecular weight is 277 g/mol. The van der Waals surface area contributed by atoms with Crippen molar-refractivity contribution in [2.75, 3.05) is 26.7 Å². The Bertz CT molecular complexity index is 780. The zero-order valence-corrected chi connectivity index (χ0v) is 12.2. The monoisotopic (exact) mass is 277 g/mol. The Morgan fingerprint density at radius 1 is 1.24 bits per heavy atom. The van der Waals surface area contributed by atoms with E-state index in [1.807, 2.05) is 18.5 Å². The number of aromatic nitrogens is 1. The SMILES string of the molecule is CN1CC2=c3ccc(-c4cccnc4)cc3=CNCC2C1. The summed E-state index contributed by atoms with van der Waals surface area (Å²) in [5, 5.41) is 6.19. The summed E-state index contributed by atoms with van der Waals surface area (Å²) in [4.78, 5) is 6.63.